The summed E-state index contributed by atoms with van der Waals surface area (Å²) in [6, 6.07) is 15.1. The van der Waals surface area contributed by atoms with E-state index in [1.807, 2.05) is 35.7 Å². The Morgan fingerprint density at radius 3 is 2.59 bits per heavy atom. The number of benzene rings is 2. The Labute approximate surface area is 189 Å². The van der Waals surface area contributed by atoms with E-state index in [0.29, 0.717) is 28.7 Å². The number of esters is 1. The van der Waals surface area contributed by atoms with Crippen LogP contribution in [0.5, 0.6) is 0 Å². The van der Waals surface area contributed by atoms with Crippen molar-refractivity contribution in [2.24, 2.45) is 4.99 Å². The average molecular weight is 452 g/mol. The molecule has 2 aliphatic heterocycles. The third-order valence-corrected chi connectivity index (χ3v) is 6.17. The Morgan fingerprint density at radius 2 is 1.88 bits per heavy atom. The van der Waals surface area contributed by atoms with E-state index in [-0.39, 0.29) is 17.9 Å². The summed E-state index contributed by atoms with van der Waals surface area (Å²) in [6.07, 6.45) is 0.0668. The molecule has 4 rings (SSSR count). The number of nitrogens with one attached hydrogen (secondary N) is 1. The van der Waals surface area contributed by atoms with Crippen molar-refractivity contribution in [1.29, 1.82) is 0 Å². The van der Waals surface area contributed by atoms with Crippen molar-refractivity contribution in [3.05, 3.63) is 93.9 Å². The third kappa shape index (κ3) is 4.31. The number of amides is 1. The Hall–Kier alpha value is -3.39. The van der Waals surface area contributed by atoms with Gasteiger partial charge in [-0.05, 0) is 24.0 Å². The van der Waals surface area contributed by atoms with Crippen molar-refractivity contribution in [2.75, 3.05) is 7.11 Å². The van der Waals surface area contributed by atoms with E-state index in [1.165, 1.54) is 24.9 Å². The number of carbonyl (C=O) groups is 2. The van der Waals surface area contributed by atoms with Crippen molar-refractivity contribution in [3.63, 3.8) is 0 Å². The molecule has 1 unspecified atom stereocenters. The zero-order chi connectivity index (χ0) is 22.7. The van der Waals surface area contributed by atoms with Gasteiger partial charge in [0, 0.05) is 17.8 Å². The minimum Gasteiger partial charge on any atom is -0.466 e. The number of hydrogen-bond donors (Lipinski definition) is 1. The maximum atomic E-state index is 14.9. The van der Waals surface area contributed by atoms with Crippen LogP contribution in [0.15, 0.2) is 82.0 Å². The molecule has 164 valence electrons. The number of carbonyl (C=O) groups excluding carboxylic acids is 2. The van der Waals surface area contributed by atoms with Crippen LogP contribution in [0.25, 0.3) is 0 Å². The molecule has 0 aliphatic carbocycles. The van der Waals surface area contributed by atoms with Gasteiger partial charge in [0.05, 0.1) is 30.8 Å². The largest absolute Gasteiger partial charge is 0.466 e. The first-order chi connectivity index (χ1) is 15.5. The standard InChI is InChI=1S/C24H22FN3O3S/c1-15-21(23(30)31-2)22(18-10-6-7-11-19(18)25)28-17(14-32-24(28)27-15)12-20(29)26-13-16-8-4-3-5-9-16/h3-11,14,22H,12-13H2,1-2H3,(H,26,29). The van der Waals surface area contributed by atoms with Gasteiger partial charge in [-0.25, -0.2) is 14.2 Å². The summed E-state index contributed by atoms with van der Waals surface area (Å²) < 4.78 is 19.8. The number of halogens is 1. The van der Waals surface area contributed by atoms with E-state index in [0.717, 1.165) is 5.56 Å². The molecule has 2 heterocycles. The number of allylic oxidation sites excluding steroid dienone is 1. The van der Waals surface area contributed by atoms with E-state index in [4.69, 9.17) is 4.74 Å². The second kappa shape index (κ2) is 9.40. The van der Waals surface area contributed by atoms with Gasteiger partial charge in [-0.15, -0.1) is 0 Å². The van der Waals surface area contributed by atoms with Crippen LogP contribution in [-0.4, -0.2) is 29.1 Å². The number of methoxy groups -OCH3 is 1. The quantitative estimate of drug-likeness (QED) is 0.664. The highest BCUT2D eigenvalue weighted by Crippen LogP contribution is 2.45. The monoisotopic (exact) mass is 451 g/mol. The zero-order valence-corrected chi connectivity index (χ0v) is 18.5. The number of rotatable bonds is 6. The van der Waals surface area contributed by atoms with E-state index in [9.17, 15) is 14.0 Å². The summed E-state index contributed by atoms with van der Waals surface area (Å²) in [4.78, 5) is 31.6. The summed E-state index contributed by atoms with van der Waals surface area (Å²) in [5.74, 6) is -1.21. The molecule has 8 heteroatoms. The van der Waals surface area contributed by atoms with Crippen molar-refractivity contribution >= 4 is 28.8 Å². The molecule has 2 aromatic rings. The van der Waals surface area contributed by atoms with Gasteiger partial charge in [0.15, 0.2) is 5.17 Å². The Balaban J connectivity index is 1.62. The van der Waals surface area contributed by atoms with Crippen LogP contribution < -0.4 is 5.32 Å². The smallest absolute Gasteiger partial charge is 0.338 e. The lowest BCUT2D eigenvalue weighted by atomic mass is 9.93. The maximum absolute atomic E-state index is 14.9. The fourth-order valence-electron chi connectivity index (χ4n) is 3.76. The third-order valence-electron chi connectivity index (χ3n) is 5.28. The molecule has 0 aromatic heterocycles. The molecule has 1 N–H and O–H groups in total. The van der Waals surface area contributed by atoms with Gasteiger partial charge in [-0.2, -0.15) is 0 Å². The first-order valence-electron chi connectivity index (χ1n) is 10.1. The van der Waals surface area contributed by atoms with E-state index < -0.39 is 17.8 Å². The van der Waals surface area contributed by atoms with Crippen LogP contribution in [0, 0.1) is 5.82 Å². The highest BCUT2D eigenvalue weighted by molar-refractivity contribution is 8.16. The predicted molar refractivity (Wildman–Crippen MR) is 122 cm³/mol. The Kier molecular flexibility index (Phi) is 6.41. The topological polar surface area (TPSA) is 71.0 Å². The first-order valence-corrected chi connectivity index (χ1v) is 10.9. The van der Waals surface area contributed by atoms with Crippen LogP contribution >= 0.6 is 11.8 Å². The number of aliphatic imine (C=N–C) groups is 1. The lowest BCUT2D eigenvalue weighted by Gasteiger charge is -2.36. The average Bonchev–Trinajstić information content (AvgIpc) is 3.19. The number of fused-ring (bicyclic) bond motifs is 1. The minimum atomic E-state index is -0.778. The highest BCUT2D eigenvalue weighted by Gasteiger charge is 2.41. The van der Waals surface area contributed by atoms with Crippen molar-refractivity contribution < 1.29 is 18.7 Å². The van der Waals surface area contributed by atoms with Gasteiger partial charge < -0.3 is 15.0 Å². The van der Waals surface area contributed by atoms with Gasteiger partial charge in [0.1, 0.15) is 5.82 Å². The first kappa shape index (κ1) is 21.8. The summed E-state index contributed by atoms with van der Waals surface area (Å²) in [5.41, 5.74) is 2.66. The number of nitrogens with zero attached hydrogens (tertiary/aromatic N) is 2. The van der Waals surface area contributed by atoms with E-state index in [1.54, 1.807) is 30.0 Å². The molecule has 1 atom stereocenters. The molecule has 2 aliphatic rings. The number of hydrogen-bond acceptors (Lipinski definition) is 6. The second-order valence-electron chi connectivity index (χ2n) is 7.35. The van der Waals surface area contributed by atoms with Gasteiger partial charge in [-0.3, -0.25) is 4.79 Å². The molecule has 32 heavy (non-hydrogen) atoms. The Bertz CT molecular complexity index is 1140. The summed E-state index contributed by atoms with van der Waals surface area (Å²) in [6.45, 7) is 2.11. The molecule has 0 spiro atoms. The van der Waals surface area contributed by atoms with Crippen molar-refractivity contribution in [3.8, 4) is 0 Å². The van der Waals surface area contributed by atoms with Crippen LogP contribution in [0.4, 0.5) is 4.39 Å². The summed E-state index contributed by atoms with van der Waals surface area (Å²) in [7, 11) is 1.28. The molecule has 1 amide bonds. The fraction of sp³-hybridized carbons (Fsp3) is 0.208. The molecule has 0 saturated carbocycles. The molecule has 0 radical (unpaired) electrons. The van der Waals surface area contributed by atoms with Gasteiger partial charge in [0.2, 0.25) is 5.91 Å². The van der Waals surface area contributed by atoms with Crippen LogP contribution in [0.1, 0.15) is 30.5 Å². The van der Waals surface area contributed by atoms with E-state index in [2.05, 4.69) is 10.3 Å². The Morgan fingerprint density at radius 1 is 1.16 bits per heavy atom. The van der Waals surface area contributed by atoms with Gasteiger partial charge in [0.25, 0.3) is 0 Å². The fourth-order valence-corrected chi connectivity index (χ4v) is 4.72. The number of amidine groups is 1. The molecule has 0 bridgehead atoms. The predicted octanol–water partition coefficient (Wildman–Crippen LogP) is 4.28. The molecule has 2 aromatic carbocycles. The normalized spacial score (nSPS) is 17.5. The number of thioether (sulfide) groups is 1. The maximum Gasteiger partial charge on any atom is 0.338 e. The minimum absolute atomic E-state index is 0.0668. The SMILES string of the molecule is COC(=O)C1=C(C)N=C2SC=C(CC(=O)NCc3ccccc3)N2C1c1ccccc1F. The lowest BCUT2D eigenvalue weighted by molar-refractivity contribution is -0.136. The molecular weight excluding hydrogens is 429 g/mol. The molecular formula is C24H22FN3O3S. The zero-order valence-electron chi connectivity index (χ0n) is 17.7. The highest BCUT2D eigenvalue weighted by atomic mass is 32.2. The van der Waals surface area contributed by atoms with Gasteiger partial charge in [-0.1, -0.05) is 60.3 Å². The van der Waals surface area contributed by atoms with Crippen LogP contribution in [0.3, 0.4) is 0 Å². The number of ether oxygens (including phenoxy) is 1. The molecule has 6 nitrogen and oxygen atoms in total. The lowest BCUT2D eigenvalue weighted by Crippen LogP contribution is -2.38. The molecule has 0 saturated heterocycles. The van der Waals surface area contributed by atoms with Crippen LogP contribution in [0.2, 0.25) is 0 Å². The van der Waals surface area contributed by atoms with Gasteiger partial charge >= 0.3 is 5.97 Å². The molecule has 0 fully saturated rings. The van der Waals surface area contributed by atoms with E-state index >= 15 is 0 Å². The van der Waals surface area contributed by atoms with Crippen molar-refractivity contribution in [1.82, 2.24) is 10.2 Å². The van der Waals surface area contributed by atoms with Crippen LogP contribution in [-0.2, 0) is 20.9 Å². The summed E-state index contributed by atoms with van der Waals surface area (Å²) in [5, 5.41) is 5.32. The second-order valence-corrected chi connectivity index (χ2v) is 8.18. The summed E-state index contributed by atoms with van der Waals surface area (Å²) >= 11 is 1.35. The van der Waals surface area contributed by atoms with Crippen molar-refractivity contribution in [2.45, 2.75) is 25.9 Å².